The molecule has 0 saturated heterocycles. The number of aromatic nitrogens is 4. The molecule has 0 aliphatic heterocycles. The van der Waals surface area contributed by atoms with Crippen molar-refractivity contribution in [2.45, 2.75) is 44.2 Å². The summed E-state index contributed by atoms with van der Waals surface area (Å²) in [5.41, 5.74) is 6.04. The number of benzene rings is 2. The number of aliphatic hydroxyl groups excluding tert-OH is 1. The van der Waals surface area contributed by atoms with Crippen molar-refractivity contribution in [3.63, 3.8) is 0 Å². The molecule has 146 valence electrons. The van der Waals surface area contributed by atoms with Crippen molar-refractivity contribution in [1.29, 1.82) is 0 Å². The van der Waals surface area contributed by atoms with Crippen LogP contribution >= 0.6 is 0 Å². The normalized spacial score (nSPS) is 19.5. The van der Waals surface area contributed by atoms with Crippen molar-refractivity contribution in [2.24, 2.45) is 0 Å². The van der Waals surface area contributed by atoms with Gasteiger partial charge in [-0.3, -0.25) is 9.67 Å². The predicted octanol–water partition coefficient (Wildman–Crippen LogP) is 4.88. The number of hydrogen-bond donors (Lipinski definition) is 1. The summed E-state index contributed by atoms with van der Waals surface area (Å²) in [5, 5.41) is 14.0. The molecule has 5 heteroatoms. The molecule has 2 aromatic heterocycles. The van der Waals surface area contributed by atoms with Gasteiger partial charge >= 0.3 is 0 Å². The molecule has 0 bridgehead atoms. The SMILES string of the molecule is OCc1cccc(C2CCC(n3cc(-c4cnc5ccccc5n4)cn3)CC2)c1. The van der Waals surface area contributed by atoms with E-state index >= 15 is 0 Å². The Morgan fingerprint density at radius 2 is 1.76 bits per heavy atom. The van der Waals surface area contributed by atoms with Gasteiger partial charge < -0.3 is 5.11 Å². The van der Waals surface area contributed by atoms with E-state index in [2.05, 4.69) is 39.2 Å². The summed E-state index contributed by atoms with van der Waals surface area (Å²) < 4.78 is 2.10. The van der Waals surface area contributed by atoms with Crippen LogP contribution in [-0.2, 0) is 6.61 Å². The van der Waals surface area contributed by atoms with Crippen molar-refractivity contribution in [1.82, 2.24) is 19.7 Å². The molecule has 4 aromatic rings. The van der Waals surface area contributed by atoms with Crippen LogP contribution in [0, 0.1) is 0 Å². The van der Waals surface area contributed by atoms with Gasteiger partial charge in [0, 0.05) is 11.8 Å². The smallest absolute Gasteiger partial charge is 0.0924 e. The van der Waals surface area contributed by atoms with E-state index in [4.69, 9.17) is 4.98 Å². The second-order valence-electron chi connectivity index (χ2n) is 7.86. The molecule has 0 unspecified atom stereocenters. The van der Waals surface area contributed by atoms with Crippen LogP contribution in [-0.4, -0.2) is 24.9 Å². The Bertz CT molecular complexity index is 1130. The summed E-state index contributed by atoms with van der Waals surface area (Å²) in [4.78, 5) is 9.26. The molecule has 1 N–H and O–H groups in total. The second kappa shape index (κ2) is 7.76. The molecule has 5 rings (SSSR count). The summed E-state index contributed by atoms with van der Waals surface area (Å²) in [6.45, 7) is 0.108. The molecule has 1 aliphatic rings. The van der Waals surface area contributed by atoms with Crippen molar-refractivity contribution in [3.05, 3.63) is 78.2 Å². The highest BCUT2D eigenvalue weighted by Crippen LogP contribution is 2.38. The molecule has 0 atom stereocenters. The fourth-order valence-corrected chi connectivity index (χ4v) is 4.39. The minimum absolute atomic E-state index is 0.108. The highest BCUT2D eigenvalue weighted by molar-refractivity contribution is 5.76. The van der Waals surface area contributed by atoms with Gasteiger partial charge in [0.05, 0.1) is 41.8 Å². The number of fused-ring (bicyclic) bond motifs is 1. The Labute approximate surface area is 170 Å². The van der Waals surface area contributed by atoms with Crippen LogP contribution in [0.15, 0.2) is 67.1 Å². The average Bonchev–Trinajstić information content (AvgIpc) is 3.29. The Kier molecular flexibility index (Phi) is 4.82. The Balaban J connectivity index is 1.30. The lowest BCUT2D eigenvalue weighted by molar-refractivity contribution is 0.281. The summed E-state index contributed by atoms with van der Waals surface area (Å²) in [6, 6.07) is 16.7. The third kappa shape index (κ3) is 3.66. The van der Waals surface area contributed by atoms with Crippen LogP contribution in [0.5, 0.6) is 0 Å². The molecule has 1 aliphatic carbocycles. The van der Waals surface area contributed by atoms with Gasteiger partial charge in [-0.1, -0.05) is 36.4 Å². The lowest BCUT2D eigenvalue weighted by Crippen LogP contribution is -2.17. The van der Waals surface area contributed by atoms with Gasteiger partial charge in [0.1, 0.15) is 0 Å². The molecule has 1 saturated carbocycles. The fourth-order valence-electron chi connectivity index (χ4n) is 4.39. The van der Waals surface area contributed by atoms with Crippen LogP contribution in [0.4, 0.5) is 0 Å². The van der Waals surface area contributed by atoms with Crippen LogP contribution in [0.1, 0.15) is 48.8 Å². The Hall–Kier alpha value is -3.05. The first-order valence-corrected chi connectivity index (χ1v) is 10.3. The molecular weight excluding hydrogens is 360 g/mol. The maximum atomic E-state index is 9.38. The number of para-hydroxylation sites is 2. The Morgan fingerprint density at radius 3 is 2.59 bits per heavy atom. The third-order valence-corrected chi connectivity index (χ3v) is 6.02. The van der Waals surface area contributed by atoms with Crippen LogP contribution in [0.3, 0.4) is 0 Å². The van der Waals surface area contributed by atoms with E-state index in [1.165, 1.54) is 5.56 Å². The molecule has 5 nitrogen and oxygen atoms in total. The molecular formula is C24H24N4O. The molecule has 0 amide bonds. The zero-order chi connectivity index (χ0) is 19.6. The van der Waals surface area contributed by atoms with E-state index in [0.29, 0.717) is 12.0 Å². The molecule has 0 radical (unpaired) electrons. The van der Waals surface area contributed by atoms with Gasteiger partial charge in [-0.25, -0.2) is 4.98 Å². The van der Waals surface area contributed by atoms with Crippen molar-refractivity contribution >= 4 is 11.0 Å². The van der Waals surface area contributed by atoms with Gasteiger partial charge in [-0.15, -0.1) is 0 Å². The standard InChI is InChI=1S/C24H24N4O/c29-16-17-4-3-5-19(12-17)18-8-10-21(11-9-18)28-15-20(13-26-28)24-14-25-22-6-1-2-7-23(22)27-24/h1-7,12-15,18,21,29H,8-11,16H2. The first kappa shape index (κ1) is 18.0. The minimum Gasteiger partial charge on any atom is -0.392 e. The van der Waals surface area contributed by atoms with Gasteiger partial charge in [-0.2, -0.15) is 5.10 Å². The molecule has 2 aromatic carbocycles. The van der Waals surface area contributed by atoms with E-state index < -0.39 is 0 Å². The minimum atomic E-state index is 0.108. The number of aliphatic hydroxyl groups is 1. The predicted molar refractivity (Wildman–Crippen MR) is 113 cm³/mol. The maximum Gasteiger partial charge on any atom is 0.0924 e. The number of nitrogens with zero attached hydrogens (tertiary/aromatic N) is 4. The summed E-state index contributed by atoms with van der Waals surface area (Å²) in [6.07, 6.45) is 10.3. The summed E-state index contributed by atoms with van der Waals surface area (Å²) in [7, 11) is 0. The molecule has 29 heavy (non-hydrogen) atoms. The van der Waals surface area contributed by atoms with Crippen LogP contribution in [0.25, 0.3) is 22.3 Å². The molecule has 2 heterocycles. The van der Waals surface area contributed by atoms with Crippen molar-refractivity contribution in [2.75, 3.05) is 0 Å². The first-order chi connectivity index (χ1) is 14.3. The lowest BCUT2D eigenvalue weighted by atomic mass is 9.81. The number of hydrogen-bond acceptors (Lipinski definition) is 4. The second-order valence-corrected chi connectivity index (χ2v) is 7.86. The fraction of sp³-hybridized carbons (Fsp3) is 0.292. The van der Waals surface area contributed by atoms with E-state index in [9.17, 15) is 5.11 Å². The van der Waals surface area contributed by atoms with Gasteiger partial charge in [0.25, 0.3) is 0 Å². The first-order valence-electron chi connectivity index (χ1n) is 10.3. The highest BCUT2D eigenvalue weighted by Gasteiger charge is 2.24. The van der Waals surface area contributed by atoms with Crippen LogP contribution < -0.4 is 0 Å². The van der Waals surface area contributed by atoms with Crippen molar-refractivity contribution in [3.8, 4) is 11.3 Å². The Morgan fingerprint density at radius 1 is 0.931 bits per heavy atom. The molecule has 0 spiro atoms. The highest BCUT2D eigenvalue weighted by atomic mass is 16.3. The largest absolute Gasteiger partial charge is 0.392 e. The zero-order valence-electron chi connectivity index (χ0n) is 16.3. The molecule has 1 fully saturated rings. The maximum absolute atomic E-state index is 9.38. The lowest BCUT2D eigenvalue weighted by Gasteiger charge is -2.29. The monoisotopic (exact) mass is 384 g/mol. The average molecular weight is 384 g/mol. The van der Waals surface area contributed by atoms with E-state index in [1.54, 1.807) is 0 Å². The summed E-state index contributed by atoms with van der Waals surface area (Å²) >= 11 is 0. The zero-order valence-corrected chi connectivity index (χ0v) is 16.3. The van der Waals surface area contributed by atoms with Gasteiger partial charge in [0.2, 0.25) is 0 Å². The van der Waals surface area contributed by atoms with Crippen molar-refractivity contribution < 1.29 is 5.11 Å². The number of rotatable bonds is 4. The quantitative estimate of drug-likeness (QED) is 0.544. The van der Waals surface area contributed by atoms with E-state index in [1.807, 2.05) is 42.7 Å². The summed E-state index contributed by atoms with van der Waals surface area (Å²) in [5.74, 6) is 0.569. The topological polar surface area (TPSA) is 63.8 Å². The third-order valence-electron chi connectivity index (χ3n) is 6.02. The van der Waals surface area contributed by atoms with Crippen LogP contribution in [0.2, 0.25) is 0 Å². The van der Waals surface area contributed by atoms with Gasteiger partial charge in [0.15, 0.2) is 0 Å². The van der Waals surface area contributed by atoms with E-state index in [0.717, 1.165) is 53.5 Å². The van der Waals surface area contributed by atoms with Gasteiger partial charge in [-0.05, 0) is 54.9 Å². The van der Waals surface area contributed by atoms with E-state index in [-0.39, 0.29) is 6.61 Å².